The van der Waals surface area contributed by atoms with Gasteiger partial charge in [-0.25, -0.2) is 0 Å². The summed E-state index contributed by atoms with van der Waals surface area (Å²) in [6, 6.07) is 0. The second-order valence-corrected chi connectivity index (χ2v) is 3.62. The summed E-state index contributed by atoms with van der Waals surface area (Å²) in [7, 11) is 0. The van der Waals surface area contributed by atoms with E-state index in [1.165, 1.54) is 4.68 Å². The van der Waals surface area contributed by atoms with E-state index in [0.717, 1.165) is 0 Å². The average molecular weight is 248 g/mol. The summed E-state index contributed by atoms with van der Waals surface area (Å²) in [4.78, 5) is 11.4. The van der Waals surface area contributed by atoms with Crippen LogP contribution in [-0.4, -0.2) is 21.7 Å². The van der Waals surface area contributed by atoms with Crippen molar-refractivity contribution in [3.63, 3.8) is 0 Å². The van der Waals surface area contributed by atoms with Crippen LogP contribution in [0, 0.1) is 0 Å². The van der Waals surface area contributed by atoms with Gasteiger partial charge >= 0.3 is 6.18 Å². The van der Waals surface area contributed by atoms with Crippen LogP contribution in [0.15, 0.2) is 0 Å². The third-order valence-corrected chi connectivity index (χ3v) is 2.58. The minimum Gasteiger partial charge on any atom is -0.284 e. The van der Waals surface area contributed by atoms with E-state index in [1.807, 2.05) is 0 Å². The van der Waals surface area contributed by atoms with E-state index in [4.69, 9.17) is 0 Å². The Kier molecular flexibility index (Phi) is 3.95. The maximum atomic E-state index is 12.5. The number of aromatic nitrogens is 2. The van der Waals surface area contributed by atoms with E-state index in [0.29, 0.717) is 25.1 Å². The summed E-state index contributed by atoms with van der Waals surface area (Å²) in [5, 5.41) is 4.05. The zero-order chi connectivity index (χ0) is 13.2. The first-order valence-electron chi connectivity index (χ1n) is 5.56. The van der Waals surface area contributed by atoms with E-state index < -0.39 is 12.0 Å². The topological polar surface area (TPSA) is 34.9 Å². The molecular weight excluding hydrogens is 233 g/mol. The van der Waals surface area contributed by atoms with Crippen LogP contribution in [0.25, 0.3) is 0 Å². The van der Waals surface area contributed by atoms with E-state index in [1.54, 1.807) is 20.8 Å². The maximum absolute atomic E-state index is 12.5. The first-order valence-corrected chi connectivity index (χ1v) is 5.56. The number of carbonyl (C=O) groups excluding carboxylic acids is 1. The lowest BCUT2D eigenvalue weighted by Crippen LogP contribution is -2.24. The molecule has 0 spiro atoms. The monoisotopic (exact) mass is 248 g/mol. The van der Waals surface area contributed by atoms with Gasteiger partial charge in [-0.1, -0.05) is 13.8 Å². The second kappa shape index (κ2) is 4.89. The highest BCUT2D eigenvalue weighted by atomic mass is 19.4. The Balaban J connectivity index is 3.39. The molecule has 0 bridgehead atoms. The van der Waals surface area contributed by atoms with Gasteiger partial charge in [0.25, 0.3) is 5.78 Å². The SMILES string of the molecule is CCc1nn(CC)c(CC)c1C(=O)C(F)(F)F. The van der Waals surface area contributed by atoms with Crippen molar-refractivity contribution < 1.29 is 18.0 Å². The third-order valence-electron chi connectivity index (χ3n) is 2.58. The van der Waals surface area contributed by atoms with E-state index in [-0.39, 0.29) is 11.3 Å². The highest BCUT2D eigenvalue weighted by molar-refractivity contribution is 6.02. The van der Waals surface area contributed by atoms with Crippen LogP contribution in [0.2, 0.25) is 0 Å². The molecule has 0 N–H and O–H groups in total. The van der Waals surface area contributed by atoms with Crippen LogP contribution >= 0.6 is 0 Å². The Morgan fingerprint density at radius 3 is 2.18 bits per heavy atom. The molecule has 0 amide bonds. The first kappa shape index (κ1) is 13.7. The van der Waals surface area contributed by atoms with Gasteiger partial charge in [0.2, 0.25) is 0 Å². The third kappa shape index (κ3) is 2.50. The fraction of sp³-hybridized carbons (Fsp3) is 0.636. The van der Waals surface area contributed by atoms with E-state index in [2.05, 4.69) is 5.10 Å². The molecule has 0 fully saturated rings. The van der Waals surface area contributed by atoms with Crippen LogP contribution in [0.3, 0.4) is 0 Å². The van der Waals surface area contributed by atoms with Crippen molar-refractivity contribution >= 4 is 5.78 Å². The van der Waals surface area contributed by atoms with Gasteiger partial charge in [0, 0.05) is 12.2 Å². The molecule has 0 aliphatic rings. The zero-order valence-corrected chi connectivity index (χ0v) is 10.1. The fourth-order valence-electron chi connectivity index (χ4n) is 1.82. The van der Waals surface area contributed by atoms with Gasteiger partial charge in [0.05, 0.1) is 11.3 Å². The minimum absolute atomic E-state index is 0.228. The molecule has 17 heavy (non-hydrogen) atoms. The van der Waals surface area contributed by atoms with Crippen molar-refractivity contribution in [2.45, 2.75) is 46.3 Å². The predicted molar refractivity (Wildman–Crippen MR) is 57.0 cm³/mol. The first-order chi connectivity index (χ1) is 7.86. The molecule has 0 aliphatic carbocycles. The second-order valence-electron chi connectivity index (χ2n) is 3.62. The minimum atomic E-state index is -4.84. The Hall–Kier alpha value is -1.33. The van der Waals surface area contributed by atoms with Gasteiger partial charge in [0.15, 0.2) is 0 Å². The van der Waals surface area contributed by atoms with Gasteiger partial charge in [0.1, 0.15) is 0 Å². The summed E-state index contributed by atoms with van der Waals surface area (Å²) < 4.78 is 39.0. The summed E-state index contributed by atoms with van der Waals surface area (Å²) >= 11 is 0. The molecule has 96 valence electrons. The van der Waals surface area contributed by atoms with Crippen LogP contribution in [0.4, 0.5) is 13.2 Å². The van der Waals surface area contributed by atoms with E-state index >= 15 is 0 Å². The fourth-order valence-corrected chi connectivity index (χ4v) is 1.82. The van der Waals surface area contributed by atoms with Crippen LogP contribution < -0.4 is 0 Å². The Morgan fingerprint density at radius 2 is 1.82 bits per heavy atom. The lowest BCUT2D eigenvalue weighted by Gasteiger charge is -2.07. The largest absolute Gasteiger partial charge is 0.455 e. The highest BCUT2D eigenvalue weighted by Gasteiger charge is 2.42. The quantitative estimate of drug-likeness (QED) is 0.768. The molecule has 3 nitrogen and oxygen atoms in total. The number of halogens is 3. The van der Waals surface area contributed by atoms with Crippen LogP contribution in [-0.2, 0) is 19.4 Å². The molecule has 0 unspecified atom stereocenters. The molecule has 1 rings (SSSR count). The molecule has 0 saturated carbocycles. The number of aryl methyl sites for hydroxylation is 2. The maximum Gasteiger partial charge on any atom is 0.455 e. The lowest BCUT2D eigenvalue weighted by molar-refractivity contribution is -0.0886. The summed E-state index contributed by atoms with van der Waals surface area (Å²) in [6.07, 6.45) is -4.16. The normalized spacial score (nSPS) is 11.9. The summed E-state index contributed by atoms with van der Waals surface area (Å²) in [5.74, 6) is -1.79. The summed E-state index contributed by atoms with van der Waals surface area (Å²) in [6.45, 7) is 5.65. The van der Waals surface area contributed by atoms with Crippen LogP contribution in [0.5, 0.6) is 0 Å². The van der Waals surface area contributed by atoms with Crippen molar-refractivity contribution in [3.8, 4) is 0 Å². The van der Waals surface area contributed by atoms with Gasteiger partial charge < -0.3 is 0 Å². The summed E-state index contributed by atoms with van der Waals surface area (Å²) in [5.41, 5.74) is 0.335. The van der Waals surface area contributed by atoms with Crippen LogP contribution in [0.1, 0.15) is 42.5 Å². The van der Waals surface area contributed by atoms with Crippen molar-refractivity contribution in [1.82, 2.24) is 9.78 Å². The molecular formula is C11H15F3N2O. The molecule has 1 aromatic heterocycles. The number of hydrogen-bond donors (Lipinski definition) is 0. The van der Waals surface area contributed by atoms with Gasteiger partial charge in [-0.3, -0.25) is 9.48 Å². The van der Waals surface area contributed by atoms with Crippen molar-refractivity contribution in [2.75, 3.05) is 0 Å². The predicted octanol–water partition coefficient (Wildman–Crippen LogP) is 2.77. The zero-order valence-electron chi connectivity index (χ0n) is 10.1. The number of ketones is 1. The molecule has 1 heterocycles. The number of Topliss-reactive ketones (excluding diaryl/α,β-unsaturated/α-hetero) is 1. The molecule has 6 heteroatoms. The van der Waals surface area contributed by atoms with Gasteiger partial charge in [-0.2, -0.15) is 18.3 Å². The molecule has 0 saturated heterocycles. The van der Waals surface area contributed by atoms with Crippen molar-refractivity contribution in [2.24, 2.45) is 0 Å². The number of rotatable bonds is 4. The Labute approximate surface area is 97.6 Å². The number of carbonyl (C=O) groups is 1. The molecule has 0 atom stereocenters. The molecule has 1 aromatic rings. The Morgan fingerprint density at radius 1 is 1.24 bits per heavy atom. The number of hydrogen-bond acceptors (Lipinski definition) is 2. The standard InChI is InChI=1S/C11H15F3N2O/c1-4-7-9(10(17)11(12,13)14)8(5-2)16(6-3)15-7/h4-6H2,1-3H3. The Bertz CT molecular complexity index is 421. The van der Waals surface area contributed by atoms with E-state index in [9.17, 15) is 18.0 Å². The average Bonchev–Trinajstić information content (AvgIpc) is 2.63. The van der Waals surface area contributed by atoms with Crippen molar-refractivity contribution in [1.29, 1.82) is 0 Å². The molecule has 0 aliphatic heterocycles. The molecule has 0 aromatic carbocycles. The highest BCUT2D eigenvalue weighted by Crippen LogP contribution is 2.26. The van der Waals surface area contributed by atoms with Crippen molar-refractivity contribution in [3.05, 3.63) is 17.0 Å². The van der Waals surface area contributed by atoms with Gasteiger partial charge in [-0.05, 0) is 19.8 Å². The van der Waals surface area contributed by atoms with Gasteiger partial charge in [-0.15, -0.1) is 0 Å². The smallest absolute Gasteiger partial charge is 0.284 e. The molecule has 0 radical (unpaired) electrons. The number of alkyl halides is 3. The lowest BCUT2D eigenvalue weighted by atomic mass is 10.0. The number of nitrogens with zero attached hydrogens (tertiary/aromatic N) is 2.